The third-order valence-corrected chi connectivity index (χ3v) is 8.30. The van der Waals surface area contributed by atoms with Crippen LogP contribution >= 0.6 is 0 Å². The summed E-state index contributed by atoms with van der Waals surface area (Å²) in [5, 5.41) is 6.15. The molecule has 1 saturated heterocycles. The Bertz CT molecular complexity index is 1370. The molecule has 196 valence electrons. The Morgan fingerprint density at radius 1 is 1.00 bits per heavy atom. The lowest BCUT2D eigenvalue weighted by molar-refractivity contribution is -0.119. The number of hydrogen-bond acceptors (Lipinski definition) is 10. The molecule has 0 atom stereocenters. The van der Waals surface area contributed by atoms with E-state index >= 15 is 0 Å². The molecule has 1 aromatic heterocycles. The van der Waals surface area contributed by atoms with Gasteiger partial charge in [-0.1, -0.05) is 12.1 Å². The van der Waals surface area contributed by atoms with Crippen molar-refractivity contribution in [2.24, 2.45) is 0 Å². The maximum Gasteiger partial charge on any atom is 0.245 e. The molecule has 37 heavy (non-hydrogen) atoms. The lowest BCUT2D eigenvalue weighted by Crippen LogP contribution is -2.33. The van der Waals surface area contributed by atoms with Crippen molar-refractivity contribution >= 4 is 44.8 Å². The number of sulfonamides is 1. The van der Waals surface area contributed by atoms with Crippen LogP contribution in [0, 0.1) is 0 Å². The fourth-order valence-electron chi connectivity index (χ4n) is 3.88. The molecule has 1 aliphatic heterocycles. The van der Waals surface area contributed by atoms with Gasteiger partial charge in [0.2, 0.25) is 21.9 Å². The summed E-state index contributed by atoms with van der Waals surface area (Å²) in [5.74, 6) is 1.32. The zero-order valence-corrected chi connectivity index (χ0v) is 22.1. The van der Waals surface area contributed by atoms with Crippen molar-refractivity contribution < 1.29 is 17.9 Å². The maximum absolute atomic E-state index is 13.1. The van der Waals surface area contributed by atoms with E-state index in [2.05, 4.69) is 30.5 Å². The average molecular weight is 526 g/mol. The van der Waals surface area contributed by atoms with E-state index < -0.39 is 10.0 Å². The summed E-state index contributed by atoms with van der Waals surface area (Å²) >= 11 is 0. The molecular formula is C25H31N7O4S. The van der Waals surface area contributed by atoms with E-state index in [0.717, 1.165) is 5.69 Å². The largest absolute Gasteiger partial charge is 0.494 e. The topological polar surface area (TPSA) is 130 Å². The van der Waals surface area contributed by atoms with Gasteiger partial charge in [0, 0.05) is 50.8 Å². The molecule has 2 aromatic carbocycles. The Hall–Kier alpha value is -3.77. The van der Waals surface area contributed by atoms with Gasteiger partial charge in [-0.05, 0) is 38.1 Å². The summed E-state index contributed by atoms with van der Waals surface area (Å²) in [5.41, 5.74) is 1.98. The monoisotopic (exact) mass is 525 g/mol. The number of para-hydroxylation sites is 1. The van der Waals surface area contributed by atoms with Gasteiger partial charge in [-0.15, -0.1) is 0 Å². The first-order chi connectivity index (χ1) is 17.7. The number of anilines is 5. The summed E-state index contributed by atoms with van der Waals surface area (Å²) in [6.07, 6.45) is 2.42. The van der Waals surface area contributed by atoms with Gasteiger partial charge < -0.3 is 20.3 Å². The second kappa shape index (κ2) is 11.1. The van der Waals surface area contributed by atoms with Crippen LogP contribution in [0.15, 0.2) is 53.7 Å². The Balaban J connectivity index is 1.55. The van der Waals surface area contributed by atoms with E-state index in [-0.39, 0.29) is 28.6 Å². The Morgan fingerprint density at radius 3 is 2.30 bits per heavy atom. The number of carbonyl (C=O) groups excluding carboxylic acids is 1. The van der Waals surface area contributed by atoms with Crippen LogP contribution in [0.5, 0.6) is 5.75 Å². The van der Waals surface area contributed by atoms with Gasteiger partial charge in [0.15, 0.2) is 0 Å². The van der Waals surface area contributed by atoms with Crippen molar-refractivity contribution in [3.05, 3.63) is 48.8 Å². The molecule has 0 radical (unpaired) electrons. The number of piperidine rings is 1. The predicted molar refractivity (Wildman–Crippen MR) is 142 cm³/mol. The second-order valence-electron chi connectivity index (χ2n) is 8.90. The number of nitrogens with one attached hydrogen (secondary N) is 2. The normalized spacial score (nSPS) is 14.2. The smallest absolute Gasteiger partial charge is 0.245 e. The second-order valence-corrected chi connectivity index (χ2v) is 10.9. The van der Waals surface area contributed by atoms with E-state index in [4.69, 9.17) is 4.74 Å². The number of ether oxygens (including phenoxy) is 1. The van der Waals surface area contributed by atoms with Gasteiger partial charge in [-0.2, -0.15) is 9.29 Å². The van der Waals surface area contributed by atoms with Crippen molar-refractivity contribution in [3.63, 3.8) is 0 Å². The number of aromatic nitrogens is 3. The number of ketones is 1. The molecule has 12 heteroatoms. The molecule has 0 saturated carbocycles. The molecule has 0 bridgehead atoms. The summed E-state index contributed by atoms with van der Waals surface area (Å²) in [7, 11) is -0.602. The molecule has 4 rings (SSSR count). The quantitative estimate of drug-likeness (QED) is 0.428. The first-order valence-electron chi connectivity index (χ1n) is 11.9. The highest BCUT2D eigenvalue weighted by Gasteiger charge is 2.26. The molecule has 0 unspecified atom stereocenters. The van der Waals surface area contributed by atoms with Crippen molar-refractivity contribution in [1.82, 2.24) is 19.3 Å². The Morgan fingerprint density at radius 2 is 1.65 bits per heavy atom. The van der Waals surface area contributed by atoms with Crippen molar-refractivity contribution in [3.8, 4) is 5.75 Å². The van der Waals surface area contributed by atoms with E-state index in [1.165, 1.54) is 10.6 Å². The van der Waals surface area contributed by atoms with Gasteiger partial charge in [-0.25, -0.2) is 18.4 Å². The number of benzene rings is 2. The average Bonchev–Trinajstić information content (AvgIpc) is 2.89. The van der Waals surface area contributed by atoms with Crippen LogP contribution in [0.25, 0.3) is 0 Å². The van der Waals surface area contributed by atoms with Gasteiger partial charge >= 0.3 is 0 Å². The van der Waals surface area contributed by atoms with E-state index in [9.17, 15) is 13.2 Å². The molecule has 11 nitrogen and oxygen atoms in total. The highest BCUT2D eigenvalue weighted by Crippen LogP contribution is 2.32. The minimum absolute atomic E-state index is 0.123. The van der Waals surface area contributed by atoms with Crippen LogP contribution in [0.2, 0.25) is 0 Å². The van der Waals surface area contributed by atoms with E-state index in [1.54, 1.807) is 38.4 Å². The zero-order valence-electron chi connectivity index (χ0n) is 21.3. The molecule has 1 aliphatic rings. The van der Waals surface area contributed by atoms with Crippen LogP contribution in [0.4, 0.5) is 29.0 Å². The number of hydrogen-bond donors (Lipinski definition) is 2. The van der Waals surface area contributed by atoms with Crippen molar-refractivity contribution in [1.29, 1.82) is 0 Å². The van der Waals surface area contributed by atoms with E-state index in [1.807, 2.05) is 32.0 Å². The van der Waals surface area contributed by atoms with Crippen molar-refractivity contribution in [2.75, 3.05) is 42.8 Å². The molecule has 2 N–H and O–H groups in total. The first kappa shape index (κ1) is 26.3. The number of nitrogens with zero attached hydrogens (tertiary/aromatic N) is 5. The van der Waals surface area contributed by atoms with Gasteiger partial charge in [0.1, 0.15) is 22.8 Å². The summed E-state index contributed by atoms with van der Waals surface area (Å²) in [6, 6.07) is 12.1. The number of rotatable bonds is 9. The number of Topliss-reactive ketones (excluding diaryl/α,β-unsaturated/α-hetero) is 1. The number of methoxy groups -OCH3 is 1. The zero-order chi connectivity index (χ0) is 26.6. The summed E-state index contributed by atoms with van der Waals surface area (Å²) in [4.78, 5) is 26.6. The molecule has 0 amide bonds. The van der Waals surface area contributed by atoms with Crippen LogP contribution in [0.3, 0.4) is 0 Å². The summed E-state index contributed by atoms with van der Waals surface area (Å²) in [6.45, 7) is 4.99. The molecule has 2 heterocycles. The SMILES string of the molecule is COc1cc(N2CCC(=O)CC2)ccc1Nc1ncnc(Nc2ccccc2S(=O)(=O)N(C)C(C)C)n1. The molecule has 1 fully saturated rings. The third kappa shape index (κ3) is 5.97. The van der Waals surface area contributed by atoms with Gasteiger partial charge in [0.05, 0.1) is 18.5 Å². The fourth-order valence-corrected chi connectivity index (χ4v) is 5.39. The van der Waals surface area contributed by atoms with Crippen molar-refractivity contribution in [2.45, 2.75) is 37.6 Å². The van der Waals surface area contributed by atoms with E-state index in [0.29, 0.717) is 43.1 Å². The van der Waals surface area contributed by atoms with Crippen LogP contribution in [0.1, 0.15) is 26.7 Å². The molecule has 0 aliphatic carbocycles. The first-order valence-corrected chi connectivity index (χ1v) is 13.4. The standard InChI is InChI=1S/C25H31N7O4S/c1-17(2)31(3)37(34,35)23-8-6-5-7-21(23)29-25-27-16-26-24(30-25)28-20-10-9-18(15-22(20)36-4)32-13-11-19(33)12-14-32/h5-10,15-17H,11-14H2,1-4H3,(H2,26,27,28,29,30). The van der Waals surface area contributed by atoms with Gasteiger partial charge in [-0.3, -0.25) is 4.79 Å². The third-order valence-electron chi connectivity index (χ3n) is 6.21. The predicted octanol–water partition coefficient (Wildman–Crippen LogP) is 3.57. The highest BCUT2D eigenvalue weighted by molar-refractivity contribution is 7.89. The minimum Gasteiger partial charge on any atom is -0.494 e. The maximum atomic E-state index is 13.1. The Kier molecular flexibility index (Phi) is 7.89. The van der Waals surface area contributed by atoms with Crippen LogP contribution in [-0.4, -0.2) is 66.7 Å². The van der Waals surface area contributed by atoms with Crippen LogP contribution in [-0.2, 0) is 14.8 Å². The van der Waals surface area contributed by atoms with Gasteiger partial charge in [0.25, 0.3) is 0 Å². The fraction of sp³-hybridized carbons (Fsp3) is 0.360. The molecule has 3 aromatic rings. The molecular weight excluding hydrogens is 494 g/mol. The summed E-state index contributed by atoms with van der Waals surface area (Å²) < 4.78 is 33.1. The highest BCUT2D eigenvalue weighted by atomic mass is 32.2. The Labute approximate surface area is 217 Å². The minimum atomic E-state index is -3.73. The lowest BCUT2D eigenvalue weighted by Gasteiger charge is -2.28. The lowest BCUT2D eigenvalue weighted by atomic mass is 10.1. The van der Waals surface area contributed by atoms with Crippen LogP contribution < -0.4 is 20.3 Å². The number of carbonyl (C=O) groups is 1. The molecule has 0 spiro atoms.